The highest BCUT2D eigenvalue weighted by Gasteiger charge is 2.19. The fourth-order valence-corrected chi connectivity index (χ4v) is 3.98. The Labute approximate surface area is 245 Å². The number of benzene rings is 1. The maximum absolute atomic E-state index is 8.00. The zero-order valence-corrected chi connectivity index (χ0v) is 25.4. The number of carbonyl (C=O) groups excluding carboxylic acids is 2. The van der Waals surface area contributed by atoms with Crippen LogP contribution < -0.4 is 10.6 Å². The fourth-order valence-electron chi connectivity index (χ4n) is 3.98. The molecule has 0 atom stereocenters. The molecule has 2 aromatic heterocycles. The van der Waals surface area contributed by atoms with E-state index in [0.717, 1.165) is 62.8 Å². The number of hydrogen-bond acceptors (Lipinski definition) is 7. The molecular weight excluding hydrogens is 510 g/mol. The van der Waals surface area contributed by atoms with E-state index in [4.69, 9.17) is 14.6 Å². The van der Waals surface area contributed by atoms with Gasteiger partial charge in [0, 0.05) is 47.3 Å². The summed E-state index contributed by atoms with van der Waals surface area (Å²) in [6.45, 7) is 18.5. The van der Waals surface area contributed by atoms with Gasteiger partial charge in [-0.25, -0.2) is 4.98 Å². The standard InChI is InChI=1S/C30H33N5.C2H6.2CH2O/c1-6-8-27-29-23(13-14-32-27)16-28(24-15-21(5)18-31-19-24)35-30(29)34-25-11-9-22(10-12-25)26(7-2)33-17-20(3)4;3*1-2/h7-20,32H,6H2,1-5H3,(H,34,35);1-2H3;2*1H2/b26-7-,27-8-,33-17?;;;. The second-order valence-corrected chi connectivity index (χ2v) is 8.97. The van der Waals surface area contributed by atoms with Crippen molar-refractivity contribution in [2.24, 2.45) is 10.9 Å². The molecule has 1 aromatic carbocycles. The predicted octanol–water partition coefficient (Wildman–Crippen LogP) is 8.26. The number of fused-ring (bicyclic) bond motifs is 1. The molecule has 7 nitrogen and oxygen atoms in total. The molecule has 3 heterocycles. The lowest BCUT2D eigenvalue weighted by Crippen LogP contribution is -2.13. The Morgan fingerprint density at radius 1 is 1.07 bits per heavy atom. The highest BCUT2D eigenvalue weighted by Crippen LogP contribution is 2.34. The lowest BCUT2D eigenvalue weighted by atomic mass is 9.99. The maximum Gasteiger partial charge on any atom is 0.141 e. The van der Waals surface area contributed by atoms with Crippen LogP contribution in [0.4, 0.5) is 11.5 Å². The normalized spacial score (nSPS) is 12.7. The molecule has 0 aliphatic carbocycles. The third-order valence-corrected chi connectivity index (χ3v) is 5.63. The van der Waals surface area contributed by atoms with Gasteiger partial charge in [-0.3, -0.25) is 9.98 Å². The van der Waals surface area contributed by atoms with Gasteiger partial charge in [0.1, 0.15) is 19.4 Å². The summed E-state index contributed by atoms with van der Waals surface area (Å²) in [5.74, 6) is 1.22. The molecule has 7 heteroatoms. The molecule has 3 aromatic rings. The Kier molecular flexibility index (Phi) is 15.6. The number of rotatable bonds is 7. The summed E-state index contributed by atoms with van der Waals surface area (Å²) in [4.78, 5) is 30.1. The first kappa shape index (κ1) is 34.4. The summed E-state index contributed by atoms with van der Waals surface area (Å²) < 4.78 is 0. The van der Waals surface area contributed by atoms with Crippen molar-refractivity contribution in [2.75, 3.05) is 5.32 Å². The summed E-state index contributed by atoms with van der Waals surface area (Å²) in [7, 11) is 0. The topological polar surface area (TPSA) is 96.3 Å². The van der Waals surface area contributed by atoms with E-state index < -0.39 is 0 Å². The number of nitrogens with one attached hydrogen (secondary N) is 2. The summed E-state index contributed by atoms with van der Waals surface area (Å²) in [6, 6.07) is 12.6. The van der Waals surface area contributed by atoms with Crippen molar-refractivity contribution in [3.63, 3.8) is 0 Å². The van der Waals surface area contributed by atoms with Crippen LogP contribution in [0, 0.1) is 12.8 Å². The van der Waals surface area contributed by atoms with Crippen LogP contribution in [0.25, 0.3) is 28.7 Å². The minimum Gasteiger partial charge on any atom is -0.361 e. The molecule has 1 aliphatic rings. The third kappa shape index (κ3) is 9.80. The fraction of sp³-hybridized carbons (Fsp3) is 0.265. The van der Waals surface area contributed by atoms with Crippen molar-refractivity contribution in [2.45, 2.75) is 54.9 Å². The summed E-state index contributed by atoms with van der Waals surface area (Å²) in [5, 5.41) is 6.97. The van der Waals surface area contributed by atoms with Gasteiger partial charge in [-0.1, -0.05) is 58.9 Å². The molecular formula is C34H43N5O2. The Morgan fingerprint density at radius 3 is 2.34 bits per heavy atom. The number of aromatic nitrogens is 2. The number of aryl methyl sites for hydroxylation is 1. The zero-order chi connectivity index (χ0) is 30.8. The van der Waals surface area contributed by atoms with E-state index in [1.807, 2.05) is 72.2 Å². The average Bonchev–Trinajstić information content (AvgIpc) is 3.01. The first-order chi connectivity index (χ1) is 20.0. The first-order valence-corrected chi connectivity index (χ1v) is 13.7. The van der Waals surface area contributed by atoms with E-state index >= 15 is 0 Å². The van der Waals surface area contributed by atoms with Crippen molar-refractivity contribution in [1.29, 1.82) is 0 Å². The quantitative estimate of drug-likeness (QED) is 0.286. The van der Waals surface area contributed by atoms with Crippen molar-refractivity contribution in [1.82, 2.24) is 15.3 Å². The number of anilines is 2. The van der Waals surface area contributed by atoms with E-state index in [2.05, 4.69) is 89.9 Å². The second-order valence-electron chi connectivity index (χ2n) is 8.97. The van der Waals surface area contributed by atoms with Gasteiger partial charge in [-0.15, -0.1) is 0 Å². The number of allylic oxidation sites excluding steroid dienone is 2. The van der Waals surface area contributed by atoms with Gasteiger partial charge in [0.05, 0.1) is 11.4 Å². The molecule has 2 N–H and O–H groups in total. The molecule has 4 rings (SSSR count). The Morgan fingerprint density at radius 2 is 1.76 bits per heavy atom. The Bertz CT molecular complexity index is 1350. The summed E-state index contributed by atoms with van der Waals surface area (Å²) in [6.07, 6.45) is 14.9. The van der Waals surface area contributed by atoms with E-state index in [9.17, 15) is 0 Å². The van der Waals surface area contributed by atoms with Gasteiger partial charge in [-0.05, 0) is 73.2 Å². The Balaban J connectivity index is 0.00000131. The SMILES string of the molecule is C/C=C(\N=CC(C)C)c1ccc(Nc2nc(-c3cncc(C)c3)cc3c2/C(=C/CC)NC=C3)cc1.C=O.C=O.CC. The third-order valence-electron chi connectivity index (χ3n) is 5.63. The predicted molar refractivity (Wildman–Crippen MR) is 175 cm³/mol. The molecule has 0 saturated carbocycles. The monoisotopic (exact) mass is 553 g/mol. The zero-order valence-electron chi connectivity index (χ0n) is 25.4. The van der Waals surface area contributed by atoms with E-state index in [1.165, 1.54) is 0 Å². The van der Waals surface area contributed by atoms with Gasteiger partial charge in [0.15, 0.2) is 0 Å². The van der Waals surface area contributed by atoms with Crippen LogP contribution in [0.5, 0.6) is 0 Å². The molecule has 0 bridgehead atoms. The summed E-state index contributed by atoms with van der Waals surface area (Å²) >= 11 is 0. The van der Waals surface area contributed by atoms with Gasteiger partial charge < -0.3 is 20.2 Å². The average molecular weight is 554 g/mol. The minimum absolute atomic E-state index is 0.409. The lowest BCUT2D eigenvalue weighted by molar-refractivity contribution is -0.0987. The van der Waals surface area contributed by atoms with Crippen LogP contribution in [0.2, 0.25) is 0 Å². The van der Waals surface area contributed by atoms with E-state index in [-0.39, 0.29) is 0 Å². The number of pyridine rings is 2. The van der Waals surface area contributed by atoms with Crippen molar-refractivity contribution in [3.05, 3.63) is 89.4 Å². The molecule has 1 aliphatic heterocycles. The van der Waals surface area contributed by atoms with Crippen molar-refractivity contribution < 1.29 is 9.59 Å². The second kappa shape index (κ2) is 18.6. The largest absolute Gasteiger partial charge is 0.361 e. The van der Waals surface area contributed by atoms with Crippen LogP contribution in [-0.2, 0) is 9.59 Å². The lowest BCUT2D eigenvalue weighted by Gasteiger charge is -2.21. The highest BCUT2D eigenvalue weighted by molar-refractivity contribution is 5.87. The van der Waals surface area contributed by atoms with Gasteiger partial charge >= 0.3 is 0 Å². The minimum atomic E-state index is 0.409. The molecule has 0 radical (unpaired) electrons. The van der Waals surface area contributed by atoms with Crippen LogP contribution in [-0.4, -0.2) is 29.8 Å². The van der Waals surface area contributed by atoms with Crippen LogP contribution in [0.1, 0.15) is 70.2 Å². The van der Waals surface area contributed by atoms with Crippen LogP contribution in [0.15, 0.2) is 72.1 Å². The number of carbonyl (C=O) groups is 2. The van der Waals surface area contributed by atoms with Crippen molar-refractivity contribution in [3.8, 4) is 11.3 Å². The molecule has 0 amide bonds. The summed E-state index contributed by atoms with van der Waals surface area (Å²) in [5.41, 5.74) is 9.27. The smallest absolute Gasteiger partial charge is 0.141 e. The van der Waals surface area contributed by atoms with Gasteiger partial charge in [0.25, 0.3) is 0 Å². The number of nitrogens with zero attached hydrogens (tertiary/aromatic N) is 3. The van der Waals surface area contributed by atoms with E-state index in [0.29, 0.717) is 5.92 Å². The van der Waals surface area contributed by atoms with Gasteiger partial charge in [-0.2, -0.15) is 0 Å². The number of aliphatic imine (C=N–C) groups is 1. The Hall–Kier alpha value is -4.65. The number of hydrogen-bond donors (Lipinski definition) is 2. The first-order valence-electron chi connectivity index (χ1n) is 13.7. The maximum atomic E-state index is 8.00. The molecule has 0 fully saturated rings. The van der Waals surface area contributed by atoms with Crippen LogP contribution in [0.3, 0.4) is 0 Å². The molecule has 0 saturated heterocycles. The van der Waals surface area contributed by atoms with E-state index in [1.54, 1.807) is 0 Å². The molecule has 0 spiro atoms. The molecule has 216 valence electrons. The highest BCUT2D eigenvalue weighted by atomic mass is 16.1. The molecule has 41 heavy (non-hydrogen) atoms. The van der Waals surface area contributed by atoms with Gasteiger partial charge in [0.2, 0.25) is 0 Å². The molecule has 0 unspecified atom stereocenters. The van der Waals surface area contributed by atoms with Crippen LogP contribution >= 0.6 is 0 Å². The van der Waals surface area contributed by atoms with Crippen molar-refractivity contribution >= 4 is 48.8 Å².